The third kappa shape index (κ3) is 1.59. The summed E-state index contributed by atoms with van der Waals surface area (Å²) in [7, 11) is 0. The molecule has 1 aromatic rings. The van der Waals surface area contributed by atoms with Crippen molar-refractivity contribution in [1.29, 1.82) is 5.26 Å². The molecule has 0 radical (unpaired) electrons. The zero-order chi connectivity index (χ0) is 17.1. The van der Waals surface area contributed by atoms with E-state index < -0.39 is 11.3 Å². The van der Waals surface area contributed by atoms with E-state index >= 15 is 0 Å². The van der Waals surface area contributed by atoms with Gasteiger partial charge < -0.3 is 15.8 Å². The maximum atomic E-state index is 13.0. The number of allylic oxidation sites excluding steroid dienone is 1. The fourth-order valence-corrected chi connectivity index (χ4v) is 3.96. The molecule has 6 heteroatoms. The van der Waals surface area contributed by atoms with Gasteiger partial charge in [-0.15, -0.1) is 0 Å². The first-order chi connectivity index (χ1) is 11.5. The molecule has 1 amide bonds. The smallest absolute Gasteiger partial charge is 0.245 e. The molecule has 2 heterocycles. The van der Waals surface area contributed by atoms with Crippen LogP contribution >= 0.6 is 0 Å². The van der Waals surface area contributed by atoms with Gasteiger partial charge in [0.25, 0.3) is 0 Å². The highest BCUT2D eigenvalue weighted by atomic mass is 16.5. The summed E-state index contributed by atoms with van der Waals surface area (Å²) in [5.41, 5.74) is 5.87. The summed E-state index contributed by atoms with van der Waals surface area (Å²) in [6.45, 7) is 1.94. The van der Waals surface area contributed by atoms with Crippen LogP contribution in [-0.4, -0.2) is 11.7 Å². The zero-order valence-corrected chi connectivity index (χ0v) is 13.1. The largest absolute Gasteiger partial charge is 0.444 e. The van der Waals surface area contributed by atoms with Gasteiger partial charge in [-0.2, -0.15) is 5.26 Å². The minimum atomic E-state index is -1.50. The lowest BCUT2D eigenvalue weighted by molar-refractivity contribution is -0.123. The van der Waals surface area contributed by atoms with Crippen LogP contribution in [0.3, 0.4) is 0 Å². The lowest BCUT2D eigenvalue weighted by Gasteiger charge is -2.38. The molecule has 1 spiro atoms. The molecule has 0 fully saturated rings. The molecule has 0 saturated heterocycles. The molecule has 1 aromatic carbocycles. The maximum absolute atomic E-state index is 13.0. The Morgan fingerprint density at radius 1 is 1.33 bits per heavy atom. The lowest BCUT2D eigenvalue weighted by atomic mass is 9.64. The second kappa shape index (κ2) is 4.71. The standard InChI is InChI=1S/C18H15N3O3/c1-9-6-13(22)15-14(7-9)24-16(20)11(8-19)18(15)10-4-2-3-5-12(10)21-17(18)23/h2-5,9H,6-7,20H2,1H3,(H,21,23)/t9-,18-/m0/s1. The SMILES string of the molecule is C[C@H]1CC(=O)C2=C(C1)OC(N)=C(C#N)[C@]21C(=O)Nc2ccccc21. The number of ketones is 1. The molecule has 4 rings (SSSR count). The number of para-hydroxylation sites is 1. The summed E-state index contributed by atoms with van der Waals surface area (Å²) in [4.78, 5) is 25.8. The first-order valence-electron chi connectivity index (χ1n) is 7.76. The third-order valence-corrected chi connectivity index (χ3v) is 4.89. The number of nitrogens with zero attached hydrogens (tertiary/aromatic N) is 1. The molecule has 2 atom stereocenters. The van der Waals surface area contributed by atoms with Crippen LogP contribution in [0.4, 0.5) is 5.69 Å². The van der Waals surface area contributed by atoms with E-state index in [2.05, 4.69) is 5.32 Å². The van der Waals surface area contributed by atoms with Crippen LogP contribution in [0.2, 0.25) is 0 Å². The highest BCUT2D eigenvalue weighted by Gasteiger charge is 2.60. The number of Topliss-reactive ketones (excluding diaryl/α,β-unsaturated/α-hetero) is 1. The van der Waals surface area contributed by atoms with Crippen LogP contribution in [0.15, 0.2) is 47.1 Å². The van der Waals surface area contributed by atoms with Gasteiger partial charge in [0.15, 0.2) is 5.78 Å². The van der Waals surface area contributed by atoms with Crippen LogP contribution < -0.4 is 11.1 Å². The van der Waals surface area contributed by atoms with Crippen molar-refractivity contribution < 1.29 is 14.3 Å². The Kier molecular flexibility index (Phi) is 2.85. The van der Waals surface area contributed by atoms with Crippen molar-refractivity contribution >= 4 is 17.4 Å². The Bertz CT molecular complexity index is 906. The van der Waals surface area contributed by atoms with Gasteiger partial charge in [0.1, 0.15) is 22.8 Å². The maximum Gasteiger partial charge on any atom is 0.245 e. The van der Waals surface area contributed by atoms with Gasteiger partial charge in [0.05, 0.1) is 5.57 Å². The topological polar surface area (TPSA) is 105 Å². The Morgan fingerprint density at radius 3 is 2.83 bits per heavy atom. The number of amides is 1. The van der Waals surface area contributed by atoms with Crippen molar-refractivity contribution in [3.05, 3.63) is 52.6 Å². The van der Waals surface area contributed by atoms with E-state index in [9.17, 15) is 14.9 Å². The number of fused-ring (bicyclic) bond motifs is 3. The molecule has 0 saturated carbocycles. The average Bonchev–Trinajstić information content (AvgIpc) is 2.80. The molecule has 6 nitrogen and oxygen atoms in total. The van der Waals surface area contributed by atoms with Crippen molar-refractivity contribution in [2.75, 3.05) is 5.32 Å². The van der Waals surface area contributed by atoms with Crippen molar-refractivity contribution in [3.63, 3.8) is 0 Å². The van der Waals surface area contributed by atoms with E-state index in [-0.39, 0.29) is 28.7 Å². The Hall–Kier alpha value is -3.07. The highest BCUT2D eigenvalue weighted by Crippen LogP contribution is 2.54. The van der Waals surface area contributed by atoms with Crippen molar-refractivity contribution in [3.8, 4) is 6.07 Å². The number of nitriles is 1. The Morgan fingerprint density at radius 2 is 2.08 bits per heavy atom. The van der Waals surface area contributed by atoms with Crippen molar-refractivity contribution in [2.24, 2.45) is 11.7 Å². The highest BCUT2D eigenvalue weighted by molar-refractivity contribution is 6.19. The van der Waals surface area contributed by atoms with E-state index in [1.165, 1.54) is 0 Å². The van der Waals surface area contributed by atoms with E-state index in [0.717, 1.165) is 0 Å². The fourth-order valence-electron chi connectivity index (χ4n) is 3.96. The number of ether oxygens (including phenoxy) is 1. The summed E-state index contributed by atoms with van der Waals surface area (Å²) in [5.74, 6) is -0.200. The molecule has 0 aromatic heterocycles. The molecule has 0 unspecified atom stereocenters. The van der Waals surface area contributed by atoms with Crippen LogP contribution in [0.5, 0.6) is 0 Å². The minimum absolute atomic E-state index is 0.0217. The van der Waals surface area contributed by atoms with Crippen molar-refractivity contribution in [2.45, 2.75) is 25.2 Å². The van der Waals surface area contributed by atoms with E-state index in [0.29, 0.717) is 29.9 Å². The molecule has 0 bridgehead atoms. The van der Waals surface area contributed by atoms with E-state index in [4.69, 9.17) is 10.5 Å². The molecule has 3 aliphatic rings. The number of anilines is 1. The van der Waals surface area contributed by atoms with Gasteiger partial charge in [0.2, 0.25) is 11.8 Å². The van der Waals surface area contributed by atoms with Gasteiger partial charge in [-0.3, -0.25) is 9.59 Å². The van der Waals surface area contributed by atoms with Gasteiger partial charge in [-0.25, -0.2) is 0 Å². The molecule has 2 aliphatic heterocycles. The van der Waals surface area contributed by atoms with Gasteiger partial charge in [0, 0.05) is 24.1 Å². The summed E-state index contributed by atoms with van der Waals surface area (Å²) in [6.07, 6.45) is 0.829. The van der Waals surface area contributed by atoms with Crippen LogP contribution in [0.25, 0.3) is 0 Å². The number of nitrogens with one attached hydrogen (secondary N) is 1. The van der Waals surface area contributed by atoms with Crippen LogP contribution in [-0.2, 0) is 19.7 Å². The minimum Gasteiger partial charge on any atom is -0.444 e. The second-order valence-electron chi connectivity index (χ2n) is 6.44. The number of benzene rings is 1. The number of hydrogen-bond donors (Lipinski definition) is 2. The summed E-state index contributed by atoms with van der Waals surface area (Å²) in [5, 5.41) is 12.5. The normalized spacial score (nSPS) is 28.2. The molecule has 1 aliphatic carbocycles. The number of carbonyl (C=O) groups is 2. The molecular weight excluding hydrogens is 306 g/mol. The molecule has 120 valence electrons. The predicted octanol–water partition coefficient (Wildman–Crippen LogP) is 1.85. The van der Waals surface area contributed by atoms with Crippen molar-refractivity contribution in [1.82, 2.24) is 0 Å². The molecule has 3 N–H and O–H groups in total. The Balaban J connectivity index is 2.10. The van der Waals surface area contributed by atoms with E-state index in [1.807, 2.05) is 13.0 Å². The lowest BCUT2D eigenvalue weighted by Crippen LogP contribution is -2.47. The molecular formula is C18H15N3O3. The number of carbonyl (C=O) groups excluding carboxylic acids is 2. The second-order valence-corrected chi connectivity index (χ2v) is 6.44. The molecule has 24 heavy (non-hydrogen) atoms. The predicted molar refractivity (Wildman–Crippen MR) is 85.1 cm³/mol. The fraction of sp³-hybridized carbons (Fsp3) is 0.278. The number of rotatable bonds is 0. The third-order valence-electron chi connectivity index (χ3n) is 4.89. The summed E-state index contributed by atoms with van der Waals surface area (Å²) in [6, 6.07) is 9.07. The van der Waals surface area contributed by atoms with Crippen LogP contribution in [0.1, 0.15) is 25.3 Å². The van der Waals surface area contributed by atoms with Gasteiger partial charge in [-0.1, -0.05) is 25.1 Å². The summed E-state index contributed by atoms with van der Waals surface area (Å²) < 4.78 is 5.60. The first kappa shape index (κ1) is 14.5. The van der Waals surface area contributed by atoms with E-state index in [1.54, 1.807) is 24.3 Å². The first-order valence-corrected chi connectivity index (χ1v) is 7.76. The van der Waals surface area contributed by atoms with Gasteiger partial charge in [-0.05, 0) is 12.0 Å². The number of nitrogens with two attached hydrogens (primary N) is 1. The summed E-state index contributed by atoms with van der Waals surface area (Å²) >= 11 is 0. The zero-order valence-electron chi connectivity index (χ0n) is 13.1. The average molecular weight is 321 g/mol. The van der Waals surface area contributed by atoms with Crippen LogP contribution in [0, 0.1) is 17.2 Å². The number of hydrogen-bond acceptors (Lipinski definition) is 5. The van der Waals surface area contributed by atoms with Gasteiger partial charge >= 0.3 is 0 Å². The monoisotopic (exact) mass is 321 g/mol. The Labute approximate surface area is 138 Å². The quantitative estimate of drug-likeness (QED) is 0.758.